The van der Waals surface area contributed by atoms with Crippen LogP contribution in [0.2, 0.25) is 0 Å². The molecule has 5 nitrogen and oxygen atoms in total. The first-order valence-corrected chi connectivity index (χ1v) is 7.44. The molecule has 0 radical (unpaired) electrons. The lowest BCUT2D eigenvalue weighted by Crippen LogP contribution is -2.49. The second kappa shape index (κ2) is 8.36. The predicted molar refractivity (Wildman–Crippen MR) is 89.0 cm³/mol. The van der Waals surface area contributed by atoms with Crippen LogP contribution in [-0.4, -0.2) is 44.2 Å². The normalized spacial score (nSPS) is 20.7. The summed E-state index contributed by atoms with van der Waals surface area (Å²) < 4.78 is 24.4. The highest BCUT2D eigenvalue weighted by Crippen LogP contribution is 2.31. The summed E-state index contributed by atoms with van der Waals surface area (Å²) in [6.07, 6.45) is 1.74. The van der Waals surface area contributed by atoms with Crippen LogP contribution < -0.4 is 15.2 Å². The standard InChI is InChI=1S/C16H23FN2O3.ClH/c1-10-4-5-19(11(6-10)9-18)16(20)12-7-14(21-2)15(22-3)8-13(12)17;/h7-8,10-11H,4-6,9,18H2,1-3H3;1H. The first kappa shape index (κ1) is 19.5. The van der Waals surface area contributed by atoms with E-state index in [0.717, 1.165) is 12.8 Å². The summed E-state index contributed by atoms with van der Waals surface area (Å²) in [4.78, 5) is 14.4. The lowest BCUT2D eigenvalue weighted by molar-refractivity contribution is 0.0568. The highest BCUT2D eigenvalue weighted by molar-refractivity contribution is 5.95. The Bertz CT molecular complexity index is 556. The van der Waals surface area contributed by atoms with E-state index in [1.165, 1.54) is 26.4 Å². The molecule has 1 aliphatic heterocycles. The fourth-order valence-corrected chi connectivity index (χ4v) is 2.92. The molecule has 0 saturated carbocycles. The average molecular weight is 347 g/mol. The first-order chi connectivity index (χ1) is 10.5. The maximum absolute atomic E-state index is 14.3. The number of rotatable bonds is 4. The van der Waals surface area contributed by atoms with Crippen molar-refractivity contribution < 1.29 is 18.7 Å². The SMILES string of the molecule is COc1cc(F)c(C(=O)N2CCC(C)CC2CN)cc1OC.Cl. The molecule has 0 aromatic heterocycles. The van der Waals surface area contributed by atoms with Gasteiger partial charge in [-0.25, -0.2) is 4.39 Å². The van der Waals surface area contributed by atoms with Crippen LogP contribution in [0.5, 0.6) is 11.5 Å². The Hall–Kier alpha value is -1.53. The second-order valence-corrected chi connectivity index (χ2v) is 5.70. The molecule has 1 aromatic rings. The highest BCUT2D eigenvalue weighted by atomic mass is 35.5. The Morgan fingerprint density at radius 3 is 2.52 bits per heavy atom. The minimum Gasteiger partial charge on any atom is -0.493 e. The van der Waals surface area contributed by atoms with E-state index in [-0.39, 0.29) is 35.7 Å². The number of hydrogen-bond donors (Lipinski definition) is 1. The van der Waals surface area contributed by atoms with Crippen molar-refractivity contribution in [3.05, 3.63) is 23.5 Å². The van der Waals surface area contributed by atoms with Crippen molar-refractivity contribution in [1.82, 2.24) is 4.90 Å². The molecule has 1 aliphatic rings. The summed E-state index contributed by atoms with van der Waals surface area (Å²) in [5.74, 6) is 0.159. The van der Waals surface area contributed by atoms with Gasteiger partial charge in [-0.3, -0.25) is 4.79 Å². The molecule has 1 aromatic carbocycles. The number of ether oxygens (including phenoxy) is 2. The van der Waals surface area contributed by atoms with Crippen molar-refractivity contribution in [3.8, 4) is 11.5 Å². The number of hydrogen-bond acceptors (Lipinski definition) is 4. The molecule has 1 amide bonds. The van der Waals surface area contributed by atoms with Gasteiger partial charge in [-0.1, -0.05) is 6.92 Å². The number of carbonyl (C=O) groups is 1. The summed E-state index contributed by atoms with van der Waals surface area (Å²) in [6, 6.07) is 2.52. The fourth-order valence-electron chi connectivity index (χ4n) is 2.92. The molecule has 2 atom stereocenters. The van der Waals surface area contributed by atoms with E-state index in [2.05, 4.69) is 6.92 Å². The number of halogens is 2. The third kappa shape index (κ3) is 4.06. The third-order valence-corrected chi connectivity index (χ3v) is 4.21. The minimum absolute atomic E-state index is 0. The summed E-state index contributed by atoms with van der Waals surface area (Å²) in [5, 5.41) is 0. The number of nitrogens with two attached hydrogens (primary N) is 1. The lowest BCUT2D eigenvalue weighted by Gasteiger charge is -2.38. The van der Waals surface area contributed by atoms with Gasteiger partial charge >= 0.3 is 0 Å². The van der Waals surface area contributed by atoms with E-state index in [0.29, 0.717) is 24.8 Å². The van der Waals surface area contributed by atoms with Gasteiger partial charge in [0.1, 0.15) is 5.82 Å². The largest absolute Gasteiger partial charge is 0.493 e. The monoisotopic (exact) mass is 346 g/mol. The van der Waals surface area contributed by atoms with Crippen LogP contribution in [-0.2, 0) is 0 Å². The predicted octanol–water partition coefficient (Wildman–Crippen LogP) is 2.46. The number of carbonyl (C=O) groups excluding carboxylic acids is 1. The molecular weight excluding hydrogens is 323 g/mol. The molecule has 2 unspecified atom stereocenters. The van der Waals surface area contributed by atoms with Crippen LogP contribution in [0, 0.1) is 11.7 Å². The average Bonchev–Trinajstić information content (AvgIpc) is 2.53. The molecule has 1 heterocycles. The number of amides is 1. The Labute approximate surface area is 142 Å². The first-order valence-electron chi connectivity index (χ1n) is 7.44. The van der Waals surface area contributed by atoms with Gasteiger partial charge in [0.05, 0.1) is 19.8 Å². The molecule has 7 heteroatoms. The van der Waals surface area contributed by atoms with Crippen LogP contribution in [0.15, 0.2) is 12.1 Å². The Morgan fingerprint density at radius 1 is 1.35 bits per heavy atom. The smallest absolute Gasteiger partial charge is 0.257 e. The molecule has 2 rings (SSSR count). The molecule has 1 saturated heterocycles. The van der Waals surface area contributed by atoms with Crippen LogP contribution in [0.4, 0.5) is 4.39 Å². The number of piperidine rings is 1. The summed E-state index contributed by atoms with van der Waals surface area (Å²) in [7, 11) is 2.88. The molecule has 1 fully saturated rings. The summed E-state index contributed by atoms with van der Waals surface area (Å²) >= 11 is 0. The van der Waals surface area contributed by atoms with Crippen molar-refractivity contribution in [1.29, 1.82) is 0 Å². The van der Waals surface area contributed by atoms with Crippen molar-refractivity contribution in [2.45, 2.75) is 25.8 Å². The van der Waals surface area contributed by atoms with E-state index >= 15 is 0 Å². The van der Waals surface area contributed by atoms with Crippen molar-refractivity contribution in [2.75, 3.05) is 27.3 Å². The molecule has 0 aliphatic carbocycles. The van der Waals surface area contributed by atoms with Gasteiger partial charge in [0, 0.05) is 25.2 Å². The van der Waals surface area contributed by atoms with E-state index in [1.54, 1.807) is 4.90 Å². The number of nitrogens with zero attached hydrogens (tertiary/aromatic N) is 1. The van der Waals surface area contributed by atoms with E-state index in [9.17, 15) is 9.18 Å². The van der Waals surface area contributed by atoms with Gasteiger partial charge < -0.3 is 20.1 Å². The number of benzene rings is 1. The quantitative estimate of drug-likeness (QED) is 0.909. The van der Waals surface area contributed by atoms with E-state index in [4.69, 9.17) is 15.2 Å². The van der Waals surface area contributed by atoms with Crippen molar-refractivity contribution >= 4 is 18.3 Å². The zero-order chi connectivity index (χ0) is 16.3. The van der Waals surface area contributed by atoms with Crippen LogP contribution in [0.3, 0.4) is 0 Å². The van der Waals surface area contributed by atoms with Gasteiger partial charge in [0.25, 0.3) is 5.91 Å². The van der Waals surface area contributed by atoms with Gasteiger partial charge in [-0.05, 0) is 24.8 Å². The van der Waals surface area contributed by atoms with Crippen molar-refractivity contribution in [2.24, 2.45) is 11.7 Å². The van der Waals surface area contributed by atoms with Crippen LogP contribution >= 0.6 is 12.4 Å². The van der Waals surface area contributed by atoms with E-state index < -0.39 is 5.82 Å². The number of methoxy groups -OCH3 is 2. The number of likely N-dealkylation sites (tertiary alicyclic amines) is 1. The molecular formula is C16H24ClFN2O3. The highest BCUT2D eigenvalue weighted by Gasteiger charge is 2.31. The third-order valence-electron chi connectivity index (χ3n) is 4.21. The van der Waals surface area contributed by atoms with E-state index in [1.807, 2.05) is 0 Å². The Kier molecular flexibility index (Phi) is 7.09. The fraction of sp³-hybridized carbons (Fsp3) is 0.562. The van der Waals surface area contributed by atoms with Gasteiger partial charge in [-0.15, -0.1) is 12.4 Å². The Balaban J connectivity index is 0.00000264. The molecule has 23 heavy (non-hydrogen) atoms. The Morgan fingerprint density at radius 2 is 1.96 bits per heavy atom. The topological polar surface area (TPSA) is 64.8 Å². The minimum atomic E-state index is -0.614. The van der Waals surface area contributed by atoms with Gasteiger partial charge in [-0.2, -0.15) is 0 Å². The van der Waals surface area contributed by atoms with Gasteiger partial charge in [0.2, 0.25) is 0 Å². The maximum atomic E-state index is 14.3. The van der Waals surface area contributed by atoms with Crippen LogP contribution in [0.1, 0.15) is 30.1 Å². The summed E-state index contributed by atoms with van der Waals surface area (Å²) in [6.45, 7) is 3.11. The lowest BCUT2D eigenvalue weighted by atomic mass is 9.92. The van der Waals surface area contributed by atoms with Crippen molar-refractivity contribution in [3.63, 3.8) is 0 Å². The zero-order valence-electron chi connectivity index (χ0n) is 13.7. The maximum Gasteiger partial charge on any atom is 0.257 e. The van der Waals surface area contributed by atoms with Gasteiger partial charge in [0.15, 0.2) is 11.5 Å². The molecule has 0 bridgehead atoms. The molecule has 130 valence electrons. The van der Waals surface area contributed by atoms with Crippen LogP contribution in [0.25, 0.3) is 0 Å². The molecule has 0 spiro atoms. The second-order valence-electron chi connectivity index (χ2n) is 5.70. The molecule has 2 N–H and O–H groups in total. The summed E-state index contributed by atoms with van der Waals surface area (Å²) in [5.41, 5.74) is 5.77. The zero-order valence-corrected chi connectivity index (χ0v) is 14.5.